The summed E-state index contributed by atoms with van der Waals surface area (Å²) in [7, 11) is 0. The van der Waals surface area contributed by atoms with Crippen LogP contribution in [0, 0.1) is 6.92 Å². The zero-order valence-corrected chi connectivity index (χ0v) is 16.4. The van der Waals surface area contributed by atoms with Gasteiger partial charge in [0.2, 0.25) is 5.91 Å². The van der Waals surface area contributed by atoms with Crippen molar-refractivity contribution in [1.29, 1.82) is 0 Å². The molecule has 3 rings (SSSR count). The Morgan fingerprint density at radius 2 is 1.62 bits per heavy atom. The van der Waals surface area contributed by atoms with Crippen molar-refractivity contribution in [3.05, 3.63) is 83.6 Å². The maximum atomic E-state index is 12.2. The Morgan fingerprint density at radius 3 is 2.24 bits per heavy atom. The Balaban J connectivity index is 1.55. The first-order valence-electron chi connectivity index (χ1n) is 9.39. The molecule has 6 heteroatoms. The highest BCUT2D eigenvalue weighted by atomic mass is 16.5. The van der Waals surface area contributed by atoms with E-state index in [1.54, 1.807) is 49.5 Å². The fourth-order valence-corrected chi connectivity index (χ4v) is 2.69. The van der Waals surface area contributed by atoms with E-state index in [1.807, 2.05) is 31.2 Å². The van der Waals surface area contributed by atoms with Gasteiger partial charge in [0.05, 0.1) is 30.5 Å². The van der Waals surface area contributed by atoms with E-state index in [-0.39, 0.29) is 11.9 Å². The van der Waals surface area contributed by atoms with Gasteiger partial charge in [-0.1, -0.05) is 29.8 Å². The van der Waals surface area contributed by atoms with Gasteiger partial charge in [-0.15, -0.1) is 0 Å². The van der Waals surface area contributed by atoms with Gasteiger partial charge < -0.3 is 15.4 Å². The van der Waals surface area contributed by atoms with E-state index in [4.69, 9.17) is 4.74 Å². The highest BCUT2D eigenvalue weighted by Crippen LogP contribution is 2.17. The third-order valence-corrected chi connectivity index (χ3v) is 4.20. The molecular formula is C23H23N3O3. The molecule has 0 atom stereocenters. The number of carbonyl (C=O) groups excluding carboxylic acids is 2. The van der Waals surface area contributed by atoms with E-state index in [0.29, 0.717) is 30.1 Å². The molecule has 0 fully saturated rings. The van der Waals surface area contributed by atoms with Crippen LogP contribution in [0.1, 0.15) is 28.4 Å². The third kappa shape index (κ3) is 5.90. The number of pyridine rings is 1. The molecule has 148 valence electrons. The van der Waals surface area contributed by atoms with E-state index in [1.165, 1.54) is 0 Å². The first-order chi connectivity index (χ1) is 14.0. The van der Waals surface area contributed by atoms with Crippen LogP contribution in [-0.4, -0.2) is 23.5 Å². The summed E-state index contributed by atoms with van der Waals surface area (Å²) < 4.78 is 4.97. The summed E-state index contributed by atoms with van der Waals surface area (Å²) >= 11 is 0. The molecule has 0 spiro atoms. The number of benzene rings is 2. The van der Waals surface area contributed by atoms with Crippen molar-refractivity contribution >= 4 is 29.1 Å². The molecule has 1 heterocycles. The molecule has 1 amide bonds. The number of amides is 1. The lowest BCUT2D eigenvalue weighted by molar-refractivity contribution is -0.115. The van der Waals surface area contributed by atoms with Gasteiger partial charge in [-0.25, -0.2) is 9.78 Å². The molecule has 0 saturated heterocycles. The monoisotopic (exact) mass is 389 g/mol. The summed E-state index contributed by atoms with van der Waals surface area (Å²) in [5.41, 5.74) is 4.05. The second-order valence-electron chi connectivity index (χ2n) is 6.57. The van der Waals surface area contributed by atoms with Crippen molar-refractivity contribution in [3.8, 4) is 0 Å². The van der Waals surface area contributed by atoms with E-state index in [2.05, 4.69) is 15.6 Å². The Bertz CT molecular complexity index is 966. The van der Waals surface area contributed by atoms with Gasteiger partial charge in [-0.2, -0.15) is 0 Å². The van der Waals surface area contributed by atoms with Crippen LogP contribution in [0.4, 0.5) is 17.2 Å². The van der Waals surface area contributed by atoms with Crippen LogP contribution in [0.25, 0.3) is 0 Å². The summed E-state index contributed by atoms with van der Waals surface area (Å²) in [6, 6.07) is 18.4. The normalized spacial score (nSPS) is 10.3. The smallest absolute Gasteiger partial charge is 0.338 e. The molecular weight excluding hydrogens is 366 g/mol. The number of aromatic nitrogens is 1. The maximum Gasteiger partial charge on any atom is 0.338 e. The predicted octanol–water partition coefficient (Wildman–Crippen LogP) is 4.49. The first kappa shape index (κ1) is 20.1. The molecule has 1 aromatic heterocycles. The van der Waals surface area contributed by atoms with Gasteiger partial charge in [0.25, 0.3) is 0 Å². The summed E-state index contributed by atoms with van der Waals surface area (Å²) in [6.07, 6.45) is 1.91. The number of nitrogens with one attached hydrogen (secondary N) is 2. The molecule has 0 aliphatic heterocycles. The number of rotatable bonds is 7. The highest BCUT2D eigenvalue weighted by Gasteiger charge is 2.07. The molecule has 29 heavy (non-hydrogen) atoms. The van der Waals surface area contributed by atoms with E-state index in [0.717, 1.165) is 16.8 Å². The fourth-order valence-electron chi connectivity index (χ4n) is 2.69. The number of hydrogen-bond donors (Lipinski definition) is 2. The highest BCUT2D eigenvalue weighted by molar-refractivity contribution is 5.92. The number of anilines is 3. The molecule has 3 aromatic rings. The van der Waals surface area contributed by atoms with Crippen molar-refractivity contribution in [3.63, 3.8) is 0 Å². The van der Waals surface area contributed by atoms with Crippen molar-refractivity contribution in [1.82, 2.24) is 4.98 Å². The average molecular weight is 389 g/mol. The Labute approximate surface area is 169 Å². The Hall–Kier alpha value is -3.67. The number of esters is 1. The minimum absolute atomic E-state index is 0.0917. The van der Waals surface area contributed by atoms with Gasteiger partial charge in [0.1, 0.15) is 5.82 Å². The van der Waals surface area contributed by atoms with Crippen LogP contribution < -0.4 is 10.6 Å². The van der Waals surface area contributed by atoms with Crippen molar-refractivity contribution in [2.75, 3.05) is 17.2 Å². The van der Waals surface area contributed by atoms with Gasteiger partial charge in [-0.05, 0) is 55.8 Å². The van der Waals surface area contributed by atoms with Crippen LogP contribution in [0.3, 0.4) is 0 Å². The average Bonchev–Trinajstić information content (AvgIpc) is 2.72. The van der Waals surface area contributed by atoms with Crippen LogP contribution in [0.5, 0.6) is 0 Å². The van der Waals surface area contributed by atoms with Crippen molar-refractivity contribution in [2.24, 2.45) is 0 Å². The minimum atomic E-state index is -0.345. The van der Waals surface area contributed by atoms with Crippen LogP contribution in [-0.2, 0) is 16.0 Å². The summed E-state index contributed by atoms with van der Waals surface area (Å²) in [5, 5.41) is 6.00. The molecule has 0 aliphatic rings. The lowest BCUT2D eigenvalue weighted by Gasteiger charge is -2.09. The van der Waals surface area contributed by atoms with E-state index in [9.17, 15) is 9.59 Å². The van der Waals surface area contributed by atoms with Gasteiger partial charge in [0, 0.05) is 5.69 Å². The first-order valence-corrected chi connectivity index (χ1v) is 9.39. The number of carbonyl (C=O) groups is 2. The SMILES string of the molecule is CCOC(=O)c1ccc(Nc2ccc(NC(=O)Cc3ccc(C)cc3)cn2)cc1. The molecule has 0 radical (unpaired) electrons. The van der Waals surface area contributed by atoms with E-state index >= 15 is 0 Å². The van der Waals surface area contributed by atoms with Crippen molar-refractivity contribution < 1.29 is 14.3 Å². The molecule has 0 bridgehead atoms. The fraction of sp³-hybridized carbons (Fsp3) is 0.174. The molecule has 0 aliphatic carbocycles. The molecule has 0 saturated carbocycles. The third-order valence-electron chi connectivity index (χ3n) is 4.20. The van der Waals surface area contributed by atoms with Crippen molar-refractivity contribution in [2.45, 2.75) is 20.3 Å². The minimum Gasteiger partial charge on any atom is -0.462 e. The Kier molecular flexibility index (Phi) is 6.58. The van der Waals surface area contributed by atoms with Crippen LogP contribution >= 0.6 is 0 Å². The second-order valence-corrected chi connectivity index (χ2v) is 6.57. The summed E-state index contributed by atoms with van der Waals surface area (Å²) in [4.78, 5) is 28.2. The zero-order chi connectivity index (χ0) is 20.6. The maximum absolute atomic E-state index is 12.2. The molecule has 6 nitrogen and oxygen atoms in total. The topological polar surface area (TPSA) is 80.3 Å². The van der Waals surface area contributed by atoms with E-state index < -0.39 is 0 Å². The molecule has 2 N–H and O–H groups in total. The standard InChI is InChI=1S/C23H23N3O3/c1-3-29-23(28)18-8-10-19(11-9-18)25-21-13-12-20(15-24-21)26-22(27)14-17-6-4-16(2)5-7-17/h4-13,15H,3,14H2,1-2H3,(H,24,25)(H,26,27). The molecule has 2 aromatic carbocycles. The summed E-state index contributed by atoms with van der Waals surface area (Å²) in [6.45, 7) is 4.13. The largest absolute Gasteiger partial charge is 0.462 e. The second kappa shape index (κ2) is 9.50. The van der Waals surface area contributed by atoms with Crippen LogP contribution in [0.2, 0.25) is 0 Å². The van der Waals surface area contributed by atoms with Gasteiger partial charge >= 0.3 is 5.97 Å². The zero-order valence-electron chi connectivity index (χ0n) is 16.4. The number of ether oxygens (including phenoxy) is 1. The quantitative estimate of drug-likeness (QED) is 0.582. The molecule has 0 unspecified atom stereocenters. The lowest BCUT2D eigenvalue weighted by atomic mass is 10.1. The Morgan fingerprint density at radius 1 is 0.931 bits per heavy atom. The number of nitrogens with zero attached hydrogens (tertiary/aromatic N) is 1. The number of hydrogen-bond acceptors (Lipinski definition) is 5. The van der Waals surface area contributed by atoms with Gasteiger partial charge in [0.15, 0.2) is 0 Å². The summed E-state index contributed by atoms with van der Waals surface area (Å²) in [5.74, 6) is 0.194. The lowest BCUT2D eigenvalue weighted by Crippen LogP contribution is -2.14. The predicted molar refractivity (Wildman–Crippen MR) is 113 cm³/mol. The number of aryl methyl sites for hydroxylation is 1. The van der Waals surface area contributed by atoms with Gasteiger partial charge in [-0.3, -0.25) is 4.79 Å². The van der Waals surface area contributed by atoms with Crippen LogP contribution in [0.15, 0.2) is 66.9 Å².